The van der Waals surface area contributed by atoms with E-state index in [0.717, 1.165) is 5.56 Å². The summed E-state index contributed by atoms with van der Waals surface area (Å²) in [5.41, 5.74) is 2.28. The topological polar surface area (TPSA) is 29.1 Å². The van der Waals surface area contributed by atoms with Gasteiger partial charge in [-0.3, -0.25) is 4.79 Å². The Hall–Kier alpha value is -1.38. The fourth-order valence-electron chi connectivity index (χ4n) is 1.53. The predicted molar refractivity (Wildman–Crippen MR) is 82.1 cm³/mol. The Morgan fingerprint density at radius 2 is 1.53 bits per heavy atom. The van der Waals surface area contributed by atoms with E-state index in [-0.39, 0.29) is 11.7 Å². The second-order valence-electron chi connectivity index (χ2n) is 3.31. The van der Waals surface area contributed by atoms with E-state index in [4.69, 9.17) is 0 Å². The fraction of sp³-hybridized carbons (Fsp3) is 0.562. The number of carbonyl (C=O) groups excluding carboxylic acids is 1. The molecule has 3 heteroatoms. The van der Waals surface area contributed by atoms with Gasteiger partial charge in [-0.15, -0.1) is 0 Å². The summed E-state index contributed by atoms with van der Waals surface area (Å²) in [5.74, 6) is -0.295. The zero-order valence-corrected chi connectivity index (χ0v) is 13.4. The van der Waals surface area contributed by atoms with E-state index in [1.807, 2.05) is 41.5 Å². The number of halogens is 1. The first-order chi connectivity index (χ1) is 9.16. The number of nitrogens with one attached hydrogen (secondary N) is 1. The molecule has 0 spiro atoms. The lowest BCUT2D eigenvalue weighted by Gasteiger charge is -2.17. The minimum Gasteiger partial charge on any atom is -0.326 e. The number of aryl methyl sites for hydroxylation is 2. The van der Waals surface area contributed by atoms with Crippen LogP contribution in [0.1, 0.15) is 59.1 Å². The zero-order chi connectivity index (χ0) is 15.4. The average molecular weight is 269 g/mol. The predicted octanol–water partition coefficient (Wildman–Crippen LogP) is 5.10. The van der Waals surface area contributed by atoms with Crippen molar-refractivity contribution in [3.63, 3.8) is 0 Å². The van der Waals surface area contributed by atoms with Crippen molar-refractivity contribution in [1.82, 2.24) is 0 Å². The fourth-order valence-corrected chi connectivity index (χ4v) is 1.53. The van der Waals surface area contributed by atoms with Gasteiger partial charge in [0, 0.05) is 12.1 Å². The maximum Gasteiger partial charge on any atom is 0.224 e. The van der Waals surface area contributed by atoms with E-state index in [1.54, 1.807) is 13.0 Å². The molecule has 0 bridgehead atoms. The number of benzene rings is 1. The average Bonchev–Trinajstić information content (AvgIpc) is 2.47. The third-order valence-corrected chi connectivity index (χ3v) is 2.28. The maximum absolute atomic E-state index is 13.1. The molecule has 110 valence electrons. The number of anilines is 1. The molecule has 2 rings (SSSR count). The summed E-state index contributed by atoms with van der Waals surface area (Å²) in [4.78, 5) is 11.0. The van der Waals surface area contributed by atoms with Gasteiger partial charge >= 0.3 is 0 Å². The molecule has 1 aliphatic rings. The number of fused-ring (bicyclic) bond motifs is 1. The molecule has 0 fully saturated rings. The molecule has 1 aromatic carbocycles. The molecule has 0 aliphatic carbocycles. The summed E-state index contributed by atoms with van der Waals surface area (Å²) in [6.07, 6.45) is 1.21. The largest absolute Gasteiger partial charge is 0.326 e. The van der Waals surface area contributed by atoms with Crippen LogP contribution in [0.2, 0.25) is 0 Å². The Kier molecular flexibility index (Phi) is 12.3. The van der Waals surface area contributed by atoms with Crippen molar-refractivity contribution in [1.29, 1.82) is 0 Å². The first kappa shape index (κ1) is 19.9. The van der Waals surface area contributed by atoms with E-state index >= 15 is 0 Å². The van der Waals surface area contributed by atoms with Gasteiger partial charge in [-0.05, 0) is 30.5 Å². The van der Waals surface area contributed by atoms with Gasteiger partial charge in [0.1, 0.15) is 5.82 Å². The number of carbonyl (C=O) groups is 1. The monoisotopic (exact) mass is 269 g/mol. The van der Waals surface area contributed by atoms with Crippen molar-refractivity contribution in [2.45, 2.75) is 61.3 Å². The molecule has 1 N–H and O–H groups in total. The quantitative estimate of drug-likeness (QED) is 0.697. The second-order valence-corrected chi connectivity index (χ2v) is 3.31. The van der Waals surface area contributed by atoms with Crippen molar-refractivity contribution in [2.24, 2.45) is 0 Å². The van der Waals surface area contributed by atoms with Gasteiger partial charge in [-0.2, -0.15) is 0 Å². The third-order valence-electron chi connectivity index (χ3n) is 2.28. The molecule has 1 aromatic rings. The van der Waals surface area contributed by atoms with Crippen LogP contribution in [0.15, 0.2) is 12.1 Å². The smallest absolute Gasteiger partial charge is 0.224 e. The lowest BCUT2D eigenvalue weighted by atomic mass is 10.0. The van der Waals surface area contributed by atoms with Crippen LogP contribution in [0.4, 0.5) is 10.1 Å². The molecular weight excluding hydrogens is 241 g/mol. The maximum atomic E-state index is 13.1. The number of hydrogen-bond donors (Lipinski definition) is 1. The molecule has 2 nitrogen and oxygen atoms in total. The van der Waals surface area contributed by atoms with Gasteiger partial charge in [0.25, 0.3) is 0 Å². The van der Waals surface area contributed by atoms with E-state index in [1.165, 1.54) is 6.07 Å². The summed E-state index contributed by atoms with van der Waals surface area (Å²) >= 11 is 0. The van der Waals surface area contributed by atoms with Crippen LogP contribution in [0.3, 0.4) is 0 Å². The Balaban J connectivity index is 0. The van der Waals surface area contributed by atoms with E-state index in [2.05, 4.69) is 5.32 Å². The van der Waals surface area contributed by atoms with Crippen molar-refractivity contribution in [3.05, 3.63) is 29.1 Å². The molecular formula is C16H28FNO. The highest BCUT2D eigenvalue weighted by Gasteiger charge is 2.15. The number of hydrogen-bond acceptors (Lipinski definition) is 1. The molecule has 1 aliphatic heterocycles. The van der Waals surface area contributed by atoms with Crippen LogP contribution in [-0.4, -0.2) is 5.91 Å². The Bertz CT molecular complexity index is 375. The lowest BCUT2D eigenvalue weighted by molar-refractivity contribution is -0.116. The highest BCUT2D eigenvalue weighted by molar-refractivity contribution is 5.93. The van der Waals surface area contributed by atoms with Crippen molar-refractivity contribution < 1.29 is 9.18 Å². The van der Waals surface area contributed by atoms with E-state index in [0.29, 0.717) is 24.1 Å². The minimum atomic E-state index is -0.263. The highest BCUT2D eigenvalue weighted by Crippen LogP contribution is 2.25. The highest BCUT2D eigenvalue weighted by atomic mass is 19.1. The molecule has 0 atom stereocenters. The molecule has 0 radical (unpaired) electrons. The van der Waals surface area contributed by atoms with Crippen LogP contribution in [0.25, 0.3) is 0 Å². The van der Waals surface area contributed by atoms with Gasteiger partial charge in [-0.25, -0.2) is 4.39 Å². The van der Waals surface area contributed by atoms with Crippen molar-refractivity contribution in [2.75, 3.05) is 5.32 Å². The Morgan fingerprint density at radius 1 is 1.00 bits per heavy atom. The SMILES string of the molecule is CC.CC.CC.Cc1cc2c(cc1F)NC(=O)CC2. The molecule has 0 aromatic heterocycles. The molecule has 1 heterocycles. The molecule has 1 amide bonds. The summed E-state index contributed by atoms with van der Waals surface area (Å²) in [6, 6.07) is 3.19. The Labute approximate surface area is 117 Å². The molecule has 0 saturated carbocycles. The van der Waals surface area contributed by atoms with Crippen molar-refractivity contribution in [3.8, 4) is 0 Å². The lowest BCUT2D eigenvalue weighted by Crippen LogP contribution is -2.19. The third kappa shape index (κ3) is 6.37. The van der Waals surface area contributed by atoms with Gasteiger partial charge in [0.2, 0.25) is 5.91 Å². The standard InChI is InChI=1S/C10H10FNO.3C2H6/c1-6-4-7-2-3-10(13)12-9(7)5-8(6)11;3*1-2/h4-5H,2-3H2,1H3,(H,12,13);3*1-2H3. The molecule has 19 heavy (non-hydrogen) atoms. The van der Waals surface area contributed by atoms with Gasteiger partial charge in [0.15, 0.2) is 0 Å². The summed E-state index contributed by atoms with van der Waals surface area (Å²) in [6.45, 7) is 13.7. The normalized spacial score (nSPS) is 11.3. The van der Waals surface area contributed by atoms with E-state index in [9.17, 15) is 9.18 Å². The second kappa shape index (κ2) is 11.7. The van der Waals surface area contributed by atoms with Crippen LogP contribution < -0.4 is 5.32 Å². The number of rotatable bonds is 0. The minimum absolute atomic E-state index is 0.0317. The molecule has 0 unspecified atom stereocenters. The van der Waals surface area contributed by atoms with Gasteiger partial charge in [-0.1, -0.05) is 47.6 Å². The first-order valence-corrected chi connectivity index (χ1v) is 7.25. The van der Waals surface area contributed by atoms with Crippen molar-refractivity contribution >= 4 is 11.6 Å². The van der Waals surface area contributed by atoms with Gasteiger partial charge in [0.05, 0.1) is 0 Å². The summed E-state index contributed by atoms with van der Waals surface area (Å²) in [7, 11) is 0. The summed E-state index contributed by atoms with van der Waals surface area (Å²) < 4.78 is 13.1. The zero-order valence-electron chi connectivity index (χ0n) is 13.4. The van der Waals surface area contributed by atoms with Crippen LogP contribution in [-0.2, 0) is 11.2 Å². The van der Waals surface area contributed by atoms with E-state index < -0.39 is 0 Å². The van der Waals surface area contributed by atoms with Crippen LogP contribution >= 0.6 is 0 Å². The van der Waals surface area contributed by atoms with Crippen LogP contribution in [0.5, 0.6) is 0 Å². The van der Waals surface area contributed by atoms with Gasteiger partial charge < -0.3 is 5.32 Å². The van der Waals surface area contributed by atoms with Crippen LogP contribution in [0, 0.1) is 12.7 Å². The Morgan fingerprint density at radius 3 is 2.05 bits per heavy atom. The summed E-state index contributed by atoms with van der Waals surface area (Å²) in [5, 5.41) is 2.65. The molecule has 0 saturated heterocycles. The first-order valence-electron chi connectivity index (χ1n) is 7.25. The number of amides is 1.